The number of aromatic nitrogens is 2. The maximum Gasteiger partial charge on any atom is 0.252 e. The summed E-state index contributed by atoms with van der Waals surface area (Å²) in [6.45, 7) is 8.72. The second-order valence-corrected chi connectivity index (χ2v) is 11.1. The molecular weight excluding hydrogens is 440 g/mol. The van der Waals surface area contributed by atoms with Crippen LogP contribution < -0.4 is 5.32 Å². The van der Waals surface area contributed by atoms with Crippen LogP contribution in [0.15, 0.2) is 46.0 Å². The van der Waals surface area contributed by atoms with Crippen LogP contribution in [-0.2, 0) is 14.8 Å². The van der Waals surface area contributed by atoms with Crippen LogP contribution in [0.2, 0.25) is 0 Å². The normalized spacial score (nSPS) is 17.8. The molecule has 176 valence electrons. The molecule has 2 heterocycles. The lowest BCUT2D eigenvalue weighted by Crippen LogP contribution is -2.30. The van der Waals surface area contributed by atoms with E-state index in [1.807, 2.05) is 33.8 Å². The molecule has 1 aromatic carbocycles. The number of hydrogen-bond acceptors (Lipinski definition) is 5. The predicted octanol–water partition coefficient (Wildman–Crippen LogP) is 3.37. The lowest BCUT2D eigenvalue weighted by atomic mass is 9.92. The van der Waals surface area contributed by atoms with Crippen molar-refractivity contribution in [1.82, 2.24) is 19.4 Å². The second-order valence-electron chi connectivity index (χ2n) is 9.13. The van der Waals surface area contributed by atoms with E-state index in [2.05, 4.69) is 10.4 Å². The molecule has 1 N–H and O–H groups in total. The molecule has 0 atom stereocenters. The summed E-state index contributed by atoms with van der Waals surface area (Å²) in [7, 11) is -3.72. The molecule has 0 unspecified atom stereocenters. The van der Waals surface area contributed by atoms with E-state index in [1.54, 1.807) is 16.9 Å². The monoisotopic (exact) mass is 470 g/mol. The summed E-state index contributed by atoms with van der Waals surface area (Å²) >= 11 is 0. The van der Waals surface area contributed by atoms with Crippen LogP contribution in [0.5, 0.6) is 0 Å². The smallest absolute Gasteiger partial charge is 0.252 e. The van der Waals surface area contributed by atoms with Crippen LogP contribution in [0.25, 0.3) is 10.9 Å². The van der Waals surface area contributed by atoms with Crippen molar-refractivity contribution >= 4 is 32.6 Å². The average Bonchev–Trinajstić information content (AvgIpc) is 3.42. The number of nitrogens with one attached hydrogen (secondary N) is 1. The maximum atomic E-state index is 13.3. The zero-order chi connectivity index (χ0) is 23.9. The van der Waals surface area contributed by atoms with E-state index in [1.165, 1.54) is 10.4 Å². The Morgan fingerprint density at radius 2 is 1.88 bits per heavy atom. The minimum absolute atomic E-state index is 0.00376. The number of benzene rings is 1. The Balaban J connectivity index is 1.74. The lowest BCUT2D eigenvalue weighted by molar-refractivity contribution is -0.115. The Labute approximate surface area is 194 Å². The minimum Gasteiger partial charge on any atom is -0.348 e. The summed E-state index contributed by atoms with van der Waals surface area (Å²) in [5.41, 5.74) is 3.25. The van der Waals surface area contributed by atoms with E-state index in [9.17, 15) is 18.0 Å². The van der Waals surface area contributed by atoms with Crippen LogP contribution in [0.1, 0.15) is 63.4 Å². The molecule has 1 aliphatic carbocycles. The van der Waals surface area contributed by atoms with E-state index in [0.717, 1.165) is 24.0 Å². The summed E-state index contributed by atoms with van der Waals surface area (Å²) in [6, 6.07) is 3.04. The number of rotatable bonds is 6. The highest BCUT2D eigenvalue weighted by Crippen LogP contribution is 2.29. The second kappa shape index (κ2) is 8.87. The zero-order valence-corrected chi connectivity index (χ0v) is 20.3. The first-order valence-corrected chi connectivity index (χ1v) is 12.7. The number of hydrogen-bond donors (Lipinski definition) is 1. The van der Waals surface area contributed by atoms with Gasteiger partial charge in [0.05, 0.1) is 22.2 Å². The van der Waals surface area contributed by atoms with Crippen LogP contribution in [0, 0.1) is 0 Å². The van der Waals surface area contributed by atoms with Crippen LogP contribution in [0.4, 0.5) is 0 Å². The molecule has 0 radical (unpaired) electrons. The van der Waals surface area contributed by atoms with Crippen molar-refractivity contribution in [2.45, 2.75) is 57.9 Å². The molecule has 1 fully saturated rings. The first-order chi connectivity index (χ1) is 15.6. The number of Topliss-reactive ketones (excluding diaryl/α,β-unsaturated/α-hetero) is 1. The van der Waals surface area contributed by atoms with Crippen LogP contribution in [0.3, 0.4) is 0 Å². The first kappa shape index (κ1) is 23.4. The Morgan fingerprint density at radius 1 is 1.18 bits per heavy atom. The van der Waals surface area contributed by atoms with Gasteiger partial charge in [0.2, 0.25) is 10.0 Å². The van der Waals surface area contributed by atoms with Gasteiger partial charge in [-0.2, -0.15) is 9.40 Å². The van der Waals surface area contributed by atoms with Crippen molar-refractivity contribution in [3.63, 3.8) is 0 Å². The van der Waals surface area contributed by atoms with Gasteiger partial charge in [0.1, 0.15) is 0 Å². The summed E-state index contributed by atoms with van der Waals surface area (Å²) in [6.07, 6.45) is 5.55. The number of carbonyl (C=O) groups excluding carboxylic acids is 2. The van der Waals surface area contributed by atoms with E-state index >= 15 is 0 Å². The van der Waals surface area contributed by atoms with E-state index < -0.39 is 15.9 Å². The topological polar surface area (TPSA) is 101 Å². The Hall–Kier alpha value is -2.78. The number of amides is 1. The van der Waals surface area contributed by atoms with Gasteiger partial charge in [-0.05, 0) is 58.2 Å². The van der Waals surface area contributed by atoms with Gasteiger partial charge in [-0.15, -0.1) is 0 Å². The molecule has 1 aliphatic heterocycles. The van der Waals surface area contributed by atoms with E-state index in [4.69, 9.17) is 0 Å². The highest BCUT2D eigenvalue weighted by atomic mass is 32.2. The van der Waals surface area contributed by atoms with Crippen LogP contribution in [-0.4, -0.2) is 53.8 Å². The van der Waals surface area contributed by atoms with Crippen molar-refractivity contribution in [3.05, 3.63) is 46.7 Å². The summed E-state index contributed by atoms with van der Waals surface area (Å²) in [4.78, 5) is 25.8. The highest BCUT2D eigenvalue weighted by Gasteiger charge is 2.30. The summed E-state index contributed by atoms with van der Waals surface area (Å²) < 4.78 is 29.8. The number of sulfonamides is 1. The van der Waals surface area contributed by atoms with Gasteiger partial charge in [-0.3, -0.25) is 14.3 Å². The maximum absolute atomic E-state index is 13.3. The van der Waals surface area contributed by atoms with E-state index in [-0.39, 0.29) is 28.8 Å². The van der Waals surface area contributed by atoms with Crippen molar-refractivity contribution in [2.24, 2.45) is 0 Å². The largest absolute Gasteiger partial charge is 0.348 e. The van der Waals surface area contributed by atoms with Gasteiger partial charge in [-0.25, -0.2) is 8.42 Å². The fourth-order valence-corrected chi connectivity index (χ4v) is 6.10. The number of ketones is 1. The minimum atomic E-state index is -3.72. The standard InChI is InChI=1S/C24H30N4O4S/c1-15(2)28-22-12-18(33(31,32)27-7-5-6-8-27)11-19(21(22)14-26-28)24(30)25-13-20-17(4)9-16(3)10-23(20)29/h9,11-12,14-15H,5-8,10,13H2,1-4H3,(H,25,30). The Kier molecular flexibility index (Phi) is 6.28. The molecule has 0 spiro atoms. The zero-order valence-electron chi connectivity index (χ0n) is 19.5. The van der Waals surface area contributed by atoms with Gasteiger partial charge in [0.15, 0.2) is 5.78 Å². The molecule has 33 heavy (non-hydrogen) atoms. The fraction of sp³-hybridized carbons (Fsp3) is 0.458. The van der Waals surface area contributed by atoms with Crippen LogP contribution >= 0.6 is 0 Å². The molecular formula is C24H30N4O4S. The van der Waals surface area contributed by atoms with Crippen molar-refractivity contribution in [2.75, 3.05) is 19.6 Å². The molecule has 1 amide bonds. The van der Waals surface area contributed by atoms with Crippen molar-refractivity contribution in [3.8, 4) is 0 Å². The Bertz CT molecular complexity index is 1300. The third kappa shape index (κ3) is 4.39. The molecule has 4 rings (SSSR count). The lowest BCUT2D eigenvalue weighted by Gasteiger charge is -2.18. The molecule has 0 saturated carbocycles. The van der Waals surface area contributed by atoms with Crippen molar-refractivity contribution in [1.29, 1.82) is 0 Å². The van der Waals surface area contributed by atoms with Gasteiger partial charge in [-0.1, -0.05) is 11.6 Å². The highest BCUT2D eigenvalue weighted by molar-refractivity contribution is 7.89. The summed E-state index contributed by atoms with van der Waals surface area (Å²) in [5, 5.41) is 7.81. The number of allylic oxidation sites excluding steroid dienone is 3. The number of carbonyl (C=O) groups is 2. The quantitative estimate of drug-likeness (QED) is 0.698. The molecule has 8 nitrogen and oxygen atoms in total. The molecule has 9 heteroatoms. The van der Waals surface area contributed by atoms with Gasteiger partial charge in [0, 0.05) is 43.1 Å². The molecule has 1 saturated heterocycles. The third-order valence-electron chi connectivity index (χ3n) is 6.27. The van der Waals surface area contributed by atoms with Gasteiger partial charge in [0.25, 0.3) is 5.91 Å². The Morgan fingerprint density at radius 3 is 2.52 bits per heavy atom. The molecule has 1 aromatic heterocycles. The SMILES string of the molecule is CC1=CC(C)=C(CNC(=O)c2cc(S(=O)(=O)N3CCCC3)cc3c2cnn3C(C)C)C(=O)C1. The fourth-order valence-electron chi connectivity index (χ4n) is 4.53. The van der Waals surface area contributed by atoms with Crippen molar-refractivity contribution < 1.29 is 18.0 Å². The molecule has 2 aliphatic rings. The average molecular weight is 471 g/mol. The van der Waals surface area contributed by atoms with Gasteiger partial charge < -0.3 is 5.32 Å². The summed E-state index contributed by atoms with van der Waals surface area (Å²) in [5.74, 6) is -0.433. The number of nitrogens with zero attached hydrogens (tertiary/aromatic N) is 3. The van der Waals surface area contributed by atoms with E-state index in [0.29, 0.717) is 36.0 Å². The molecule has 2 aromatic rings. The van der Waals surface area contributed by atoms with Gasteiger partial charge >= 0.3 is 0 Å². The predicted molar refractivity (Wildman–Crippen MR) is 127 cm³/mol. The number of fused-ring (bicyclic) bond motifs is 1. The first-order valence-electron chi connectivity index (χ1n) is 11.3. The molecule has 0 bridgehead atoms. The third-order valence-corrected chi connectivity index (χ3v) is 8.14.